The van der Waals surface area contributed by atoms with Crippen molar-refractivity contribution < 1.29 is 13.2 Å². The molecule has 128 valence electrons. The van der Waals surface area contributed by atoms with E-state index >= 15 is 0 Å². The molecule has 0 atom stereocenters. The fourth-order valence-corrected chi connectivity index (χ4v) is 3.71. The summed E-state index contributed by atoms with van der Waals surface area (Å²) in [5.41, 5.74) is 1.18. The second kappa shape index (κ2) is 7.42. The second-order valence-corrected chi connectivity index (χ2v) is 7.93. The number of hydrogen-bond donors (Lipinski definition) is 1. The Bertz CT molecular complexity index is 830. The third-order valence-corrected chi connectivity index (χ3v) is 5.00. The van der Waals surface area contributed by atoms with E-state index in [1.54, 1.807) is 38.4 Å². The Kier molecular flexibility index (Phi) is 5.74. The molecule has 0 aliphatic heterocycles. The summed E-state index contributed by atoms with van der Waals surface area (Å²) in [6, 6.07) is 10.7. The van der Waals surface area contributed by atoms with E-state index in [2.05, 4.69) is 4.72 Å². The van der Waals surface area contributed by atoms with Crippen LogP contribution in [0.2, 0.25) is 10.0 Å². The zero-order valence-electron chi connectivity index (χ0n) is 13.1. The number of anilines is 1. The molecule has 1 N–H and O–H groups in total. The number of carbonyl (C=O) groups is 1. The van der Waals surface area contributed by atoms with Crippen molar-refractivity contribution >= 4 is 44.8 Å². The number of nitrogens with one attached hydrogen (secondary N) is 1. The Morgan fingerprint density at radius 2 is 1.58 bits per heavy atom. The summed E-state index contributed by atoms with van der Waals surface area (Å²) in [7, 11) is -0.439. The van der Waals surface area contributed by atoms with Gasteiger partial charge in [-0.1, -0.05) is 35.3 Å². The molecule has 0 spiro atoms. The summed E-state index contributed by atoms with van der Waals surface area (Å²) in [4.78, 5) is 13.1. The number of hydrogen-bond acceptors (Lipinski definition) is 3. The molecule has 0 aliphatic carbocycles. The number of likely N-dealkylation sites (N-methyl/N-ethyl adjacent to an activating group) is 1. The standard InChI is InChI=1S/C16H16Cl2N2O3S/c1-20(2)16(21)7-11-3-5-14(6-4-11)19-24(22,23)15-9-12(17)8-13(18)10-15/h3-6,8-10,19H,7H2,1-2H3. The molecule has 0 fully saturated rings. The van der Waals surface area contributed by atoms with Crippen LogP contribution in [0.4, 0.5) is 5.69 Å². The maximum Gasteiger partial charge on any atom is 0.261 e. The van der Waals surface area contributed by atoms with Crippen LogP contribution in [0.25, 0.3) is 0 Å². The Morgan fingerprint density at radius 1 is 1.04 bits per heavy atom. The predicted octanol–water partition coefficient (Wildman–Crippen LogP) is 3.42. The summed E-state index contributed by atoms with van der Waals surface area (Å²) >= 11 is 11.7. The van der Waals surface area contributed by atoms with Crippen LogP contribution in [-0.4, -0.2) is 33.3 Å². The van der Waals surface area contributed by atoms with E-state index in [4.69, 9.17) is 23.2 Å². The highest BCUT2D eigenvalue weighted by Gasteiger charge is 2.16. The topological polar surface area (TPSA) is 66.5 Å². The van der Waals surface area contributed by atoms with Crippen LogP contribution in [0.3, 0.4) is 0 Å². The molecule has 0 aliphatic rings. The molecule has 0 aromatic heterocycles. The van der Waals surface area contributed by atoms with Gasteiger partial charge in [-0.05, 0) is 35.9 Å². The van der Waals surface area contributed by atoms with Gasteiger partial charge in [0.2, 0.25) is 5.91 Å². The molecule has 1 amide bonds. The first-order valence-corrected chi connectivity index (χ1v) is 9.19. The van der Waals surface area contributed by atoms with Gasteiger partial charge in [-0.3, -0.25) is 9.52 Å². The lowest BCUT2D eigenvalue weighted by molar-refractivity contribution is -0.127. The maximum absolute atomic E-state index is 12.4. The van der Waals surface area contributed by atoms with Crippen molar-refractivity contribution in [3.8, 4) is 0 Å². The molecular formula is C16H16Cl2N2O3S. The molecule has 8 heteroatoms. The normalized spacial score (nSPS) is 11.2. The Morgan fingerprint density at radius 3 is 2.08 bits per heavy atom. The molecule has 0 unspecified atom stereocenters. The van der Waals surface area contributed by atoms with Crippen molar-refractivity contribution in [2.45, 2.75) is 11.3 Å². The van der Waals surface area contributed by atoms with Gasteiger partial charge in [0.1, 0.15) is 0 Å². The number of carbonyl (C=O) groups excluding carboxylic acids is 1. The van der Waals surface area contributed by atoms with Crippen LogP contribution in [0.15, 0.2) is 47.4 Å². The van der Waals surface area contributed by atoms with Gasteiger partial charge in [-0.25, -0.2) is 8.42 Å². The SMILES string of the molecule is CN(C)C(=O)Cc1ccc(NS(=O)(=O)c2cc(Cl)cc(Cl)c2)cc1. The van der Waals surface area contributed by atoms with E-state index < -0.39 is 10.0 Å². The zero-order chi connectivity index (χ0) is 17.9. The molecule has 2 rings (SSSR count). The summed E-state index contributed by atoms with van der Waals surface area (Å²) in [6.45, 7) is 0. The van der Waals surface area contributed by atoms with Crippen molar-refractivity contribution in [1.29, 1.82) is 0 Å². The van der Waals surface area contributed by atoms with Crippen molar-refractivity contribution in [2.75, 3.05) is 18.8 Å². The van der Waals surface area contributed by atoms with Gasteiger partial charge >= 0.3 is 0 Å². The monoisotopic (exact) mass is 386 g/mol. The highest BCUT2D eigenvalue weighted by molar-refractivity contribution is 7.92. The fraction of sp³-hybridized carbons (Fsp3) is 0.188. The predicted molar refractivity (Wildman–Crippen MR) is 96.1 cm³/mol. The molecular weight excluding hydrogens is 371 g/mol. The lowest BCUT2D eigenvalue weighted by atomic mass is 10.1. The first kappa shape index (κ1) is 18.6. The van der Waals surface area contributed by atoms with Gasteiger partial charge in [-0.15, -0.1) is 0 Å². The van der Waals surface area contributed by atoms with Crippen molar-refractivity contribution in [2.24, 2.45) is 0 Å². The fourth-order valence-electron chi connectivity index (χ4n) is 1.92. The van der Waals surface area contributed by atoms with Gasteiger partial charge in [0.15, 0.2) is 0 Å². The number of amides is 1. The molecule has 24 heavy (non-hydrogen) atoms. The van der Waals surface area contributed by atoms with Crippen molar-refractivity contribution in [1.82, 2.24) is 4.90 Å². The van der Waals surface area contributed by atoms with Crippen LogP contribution in [0, 0.1) is 0 Å². The third-order valence-electron chi connectivity index (χ3n) is 3.21. The largest absolute Gasteiger partial charge is 0.349 e. The van der Waals surface area contributed by atoms with Crippen LogP contribution < -0.4 is 4.72 Å². The summed E-state index contributed by atoms with van der Waals surface area (Å²) < 4.78 is 27.2. The molecule has 0 bridgehead atoms. The maximum atomic E-state index is 12.4. The summed E-state index contributed by atoms with van der Waals surface area (Å²) in [5, 5.41) is 0.473. The Labute approximate surface area is 151 Å². The van der Waals surface area contributed by atoms with E-state index in [-0.39, 0.29) is 27.3 Å². The second-order valence-electron chi connectivity index (χ2n) is 5.37. The van der Waals surface area contributed by atoms with Gasteiger partial charge < -0.3 is 4.90 Å². The van der Waals surface area contributed by atoms with Gasteiger partial charge in [0.05, 0.1) is 11.3 Å². The molecule has 0 heterocycles. The lowest BCUT2D eigenvalue weighted by Gasteiger charge is -2.11. The van der Waals surface area contributed by atoms with Crippen molar-refractivity contribution in [3.05, 3.63) is 58.1 Å². The first-order valence-electron chi connectivity index (χ1n) is 6.95. The van der Waals surface area contributed by atoms with Crippen LogP contribution in [0.5, 0.6) is 0 Å². The molecule has 0 radical (unpaired) electrons. The molecule has 2 aromatic rings. The average molecular weight is 387 g/mol. The number of sulfonamides is 1. The molecule has 0 saturated carbocycles. The number of rotatable bonds is 5. The number of halogens is 2. The molecule has 0 saturated heterocycles. The first-order chi connectivity index (χ1) is 11.2. The quantitative estimate of drug-likeness (QED) is 0.855. The average Bonchev–Trinajstić information content (AvgIpc) is 2.48. The van der Waals surface area contributed by atoms with E-state index in [9.17, 15) is 13.2 Å². The minimum atomic E-state index is -3.80. The highest BCUT2D eigenvalue weighted by Crippen LogP contribution is 2.24. The molecule has 5 nitrogen and oxygen atoms in total. The van der Waals surface area contributed by atoms with E-state index in [1.165, 1.54) is 23.1 Å². The summed E-state index contributed by atoms with van der Waals surface area (Å²) in [5.74, 6) is -0.0306. The summed E-state index contributed by atoms with van der Waals surface area (Å²) in [6.07, 6.45) is 0.254. The van der Waals surface area contributed by atoms with Gasteiger partial charge in [0.25, 0.3) is 10.0 Å². The van der Waals surface area contributed by atoms with Crippen LogP contribution >= 0.6 is 23.2 Å². The van der Waals surface area contributed by atoms with Gasteiger partial charge in [0, 0.05) is 29.8 Å². The van der Waals surface area contributed by atoms with Crippen LogP contribution in [0.1, 0.15) is 5.56 Å². The van der Waals surface area contributed by atoms with Crippen molar-refractivity contribution in [3.63, 3.8) is 0 Å². The third kappa shape index (κ3) is 4.87. The lowest BCUT2D eigenvalue weighted by Crippen LogP contribution is -2.23. The highest BCUT2D eigenvalue weighted by atomic mass is 35.5. The smallest absolute Gasteiger partial charge is 0.261 e. The van der Waals surface area contributed by atoms with Gasteiger partial charge in [-0.2, -0.15) is 0 Å². The van der Waals surface area contributed by atoms with E-state index in [0.29, 0.717) is 5.69 Å². The Balaban J connectivity index is 2.17. The number of benzene rings is 2. The molecule has 2 aromatic carbocycles. The minimum Gasteiger partial charge on any atom is -0.349 e. The Hall–Kier alpha value is -1.76. The number of nitrogens with zero attached hydrogens (tertiary/aromatic N) is 1. The van der Waals surface area contributed by atoms with E-state index in [0.717, 1.165) is 5.56 Å². The zero-order valence-corrected chi connectivity index (χ0v) is 15.4. The van der Waals surface area contributed by atoms with E-state index in [1.807, 2.05) is 0 Å². The van der Waals surface area contributed by atoms with Crippen LogP contribution in [-0.2, 0) is 21.2 Å². The minimum absolute atomic E-state index is 0.0214.